The van der Waals surface area contributed by atoms with E-state index in [1.807, 2.05) is 6.07 Å². The number of hydrogen-bond donors (Lipinski definition) is 1. The molecule has 0 aromatic carbocycles. The van der Waals surface area contributed by atoms with Gasteiger partial charge in [0.25, 0.3) is 5.89 Å². The number of aromatic nitrogens is 4. The third-order valence-electron chi connectivity index (χ3n) is 1.84. The van der Waals surface area contributed by atoms with Crippen molar-refractivity contribution in [1.29, 1.82) is 5.26 Å². The fourth-order valence-corrected chi connectivity index (χ4v) is 1.78. The molecule has 9 heteroatoms. The van der Waals surface area contributed by atoms with Crippen LogP contribution < -0.4 is 0 Å². The van der Waals surface area contributed by atoms with E-state index in [4.69, 9.17) is 9.78 Å². The molecule has 0 bridgehead atoms. The lowest BCUT2D eigenvalue weighted by Gasteiger charge is -1.88. The predicted molar refractivity (Wildman–Crippen MR) is 55.1 cm³/mol. The molecule has 0 saturated heterocycles. The van der Waals surface area contributed by atoms with Crippen molar-refractivity contribution in [2.24, 2.45) is 0 Å². The Morgan fingerprint density at radius 2 is 2.35 bits per heavy atom. The Balaban J connectivity index is 2.34. The topological polar surface area (TPSA) is 126 Å². The fraction of sp³-hybridized carbons (Fsp3) is 0.250. The lowest BCUT2D eigenvalue weighted by Crippen LogP contribution is -2.02. The number of aromatic amines is 1. The Kier molecular flexibility index (Phi) is 2.64. The van der Waals surface area contributed by atoms with Gasteiger partial charge in [0.05, 0.1) is 11.8 Å². The van der Waals surface area contributed by atoms with E-state index in [-0.39, 0.29) is 23.2 Å². The van der Waals surface area contributed by atoms with E-state index in [2.05, 4.69) is 20.3 Å². The minimum absolute atomic E-state index is 0.0487. The lowest BCUT2D eigenvalue weighted by atomic mass is 10.2. The van der Waals surface area contributed by atoms with Crippen molar-refractivity contribution >= 4 is 9.84 Å². The molecule has 2 aromatic heterocycles. The first-order valence-electron chi connectivity index (χ1n) is 4.44. The van der Waals surface area contributed by atoms with Gasteiger partial charge in [0, 0.05) is 6.26 Å². The van der Waals surface area contributed by atoms with Gasteiger partial charge in [-0.15, -0.1) is 0 Å². The highest BCUT2D eigenvalue weighted by molar-refractivity contribution is 7.89. The van der Waals surface area contributed by atoms with Gasteiger partial charge >= 0.3 is 0 Å². The minimum atomic E-state index is -3.22. The lowest BCUT2D eigenvalue weighted by molar-refractivity contribution is 0.424. The second kappa shape index (κ2) is 3.99. The van der Waals surface area contributed by atoms with Crippen LogP contribution in [0.1, 0.15) is 11.5 Å². The quantitative estimate of drug-likeness (QED) is 0.807. The number of nitrogens with zero attached hydrogens (tertiary/aromatic N) is 4. The Labute approximate surface area is 96.2 Å². The normalized spacial score (nSPS) is 11.3. The van der Waals surface area contributed by atoms with E-state index in [9.17, 15) is 8.42 Å². The molecule has 0 spiro atoms. The number of hydrogen-bond acceptors (Lipinski definition) is 7. The molecule has 0 aliphatic rings. The van der Waals surface area contributed by atoms with Gasteiger partial charge in [0.1, 0.15) is 17.5 Å². The summed E-state index contributed by atoms with van der Waals surface area (Å²) in [5.74, 6) is -0.197. The van der Waals surface area contributed by atoms with Gasteiger partial charge in [0.2, 0.25) is 0 Å². The van der Waals surface area contributed by atoms with Crippen LogP contribution in [-0.4, -0.2) is 35.0 Å². The van der Waals surface area contributed by atoms with Crippen molar-refractivity contribution < 1.29 is 12.9 Å². The van der Waals surface area contributed by atoms with Crippen molar-refractivity contribution in [3.05, 3.63) is 17.7 Å². The summed E-state index contributed by atoms with van der Waals surface area (Å²) in [6.45, 7) is 0. The summed E-state index contributed by atoms with van der Waals surface area (Å²) in [6.07, 6.45) is 2.43. The Bertz CT molecular complexity index is 678. The van der Waals surface area contributed by atoms with Gasteiger partial charge in [-0.1, -0.05) is 5.16 Å². The standard InChI is InChI=1S/C8H7N5O3S/c1-17(14,15)4-7-11-8(16-13-7)5-3-10-12-6(5)2-9/h3H,4H2,1H3,(H,10,12). The van der Waals surface area contributed by atoms with Crippen molar-refractivity contribution in [2.45, 2.75) is 5.75 Å². The highest BCUT2D eigenvalue weighted by Crippen LogP contribution is 2.19. The summed E-state index contributed by atoms with van der Waals surface area (Å²) in [7, 11) is -3.22. The molecule has 2 rings (SSSR count). The van der Waals surface area contributed by atoms with Crippen LogP contribution >= 0.6 is 0 Å². The molecule has 0 saturated carbocycles. The van der Waals surface area contributed by atoms with Crippen molar-refractivity contribution in [2.75, 3.05) is 6.26 Å². The van der Waals surface area contributed by atoms with Gasteiger partial charge in [-0.05, 0) is 0 Å². The highest BCUT2D eigenvalue weighted by Gasteiger charge is 2.17. The van der Waals surface area contributed by atoms with Crippen molar-refractivity contribution in [1.82, 2.24) is 20.3 Å². The van der Waals surface area contributed by atoms with Gasteiger partial charge in [-0.3, -0.25) is 5.10 Å². The molecule has 1 N–H and O–H groups in total. The Hall–Kier alpha value is -2.21. The highest BCUT2D eigenvalue weighted by atomic mass is 32.2. The van der Waals surface area contributed by atoms with Gasteiger partial charge in [-0.25, -0.2) is 8.42 Å². The summed E-state index contributed by atoms with van der Waals surface area (Å²) in [5, 5.41) is 18.4. The van der Waals surface area contributed by atoms with Crippen LogP contribution in [0.25, 0.3) is 11.5 Å². The zero-order valence-corrected chi connectivity index (χ0v) is 9.52. The van der Waals surface area contributed by atoms with Gasteiger partial charge < -0.3 is 4.52 Å². The Morgan fingerprint density at radius 3 is 3.00 bits per heavy atom. The molecule has 8 nitrogen and oxygen atoms in total. The maximum absolute atomic E-state index is 11.0. The number of nitrogens with one attached hydrogen (secondary N) is 1. The molecular weight excluding hydrogens is 246 g/mol. The number of sulfone groups is 1. The Morgan fingerprint density at radius 1 is 1.59 bits per heavy atom. The van der Waals surface area contributed by atoms with E-state index in [0.29, 0.717) is 5.56 Å². The summed E-state index contributed by atoms with van der Waals surface area (Å²) in [6, 6.07) is 1.87. The summed E-state index contributed by atoms with van der Waals surface area (Å²) in [5.41, 5.74) is 0.527. The maximum Gasteiger partial charge on any atom is 0.262 e. The molecule has 0 radical (unpaired) electrons. The SMILES string of the molecule is CS(=O)(=O)Cc1noc(-c2cn[nH]c2C#N)n1. The van der Waals surface area contributed by atoms with E-state index < -0.39 is 9.84 Å². The first-order valence-corrected chi connectivity index (χ1v) is 6.50. The van der Waals surface area contributed by atoms with E-state index >= 15 is 0 Å². The fourth-order valence-electron chi connectivity index (χ4n) is 1.19. The van der Waals surface area contributed by atoms with Crippen LogP contribution in [0.5, 0.6) is 0 Å². The molecule has 0 fully saturated rings. The van der Waals surface area contributed by atoms with Crippen LogP contribution in [-0.2, 0) is 15.6 Å². The molecule has 2 heterocycles. The molecule has 17 heavy (non-hydrogen) atoms. The zero-order chi connectivity index (χ0) is 12.5. The molecule has 0 aliphatic heterocycles. The predicted octanol–water partition coefficient (Wildman–Crippen LogP) is -0.124. The van der Waals surface area contributed by atoms with Crippen LogP contribution in [0.4, 0.5) is 0 Å². The van der Waals surface area contributed by atoms with Crippen LogP contribution in [0.3, 0.4) is 0 Å². The molecular formula is C8H7N5O3S. The average molecular weight is 253 g/mol. The zero-order valence-electron chi connectivity index (χ0n) is 8.71. The van der Waals surface area contributed by atoms with E-state index in [0.717, 1.165) is 6.26 Å². The van der Waals surface area contributed by atoms with Gasteiger partial charge in [-0.2, -0.15) is 15.3 Å². The second-order valence-corrected chi connectivity index (χ2v) is 5.50. The van der Waals surface area contributed by atoms with E-state index in [1.54, 1.807) is 0 Å². The number of nitriles is 1. The van der Waals surface area contributed by atoms with Crippen LogP contribution in [0, 0.1) is 11.3 Å². The summed E-state index contributed by atoms with van der Waals surface area (Å²) >= 11 is 0. The minimum Gasteiger partial charge on any atom is -0.334 e. The summed E-state index contributed by atoms with van der Waals surface area (Å²) in [4.78, 5) is 3.88. The smallest absolute Gasteiger partial charge is 0.262 e. The van der Waals surface area contributed by atoms with Crippen LogP contribution in [0.2, 0.25) is 0 Å². The molecule has 0 aliphatic carbocycles. The summed E-state index contributed by atoms with van der Waals surface area (Å²) < 4.78 is 26.9. The van der Waals surface area contributed by atoms with E-state index in [1.165, 1.54) is 6.20 Å². The maximum atomic E-state index is 11.0. The first kappa shape index (κ1) is 11.3. The average Bonchev–Trinajstić information content (AvgIpc) is 2.81. The monoisotopic (exact) mass is 253 g/mol. The second-order valence-electron chi connectivity index (χ2n) is 3.36. The molecule has 0 amide bonds. The van der Waals surface area contributed by atoms with Gasteiger partial charge in [0.15, 0.2) is 15.7 Å². The van der Waals surface area contributed by atoms with Crippen molar-refractivity contribution in [3.63, 3.8) is 0 Å². The number of H-pyrrole nitrogens is 1. The molecule has 88 valence electrons. The van der Waals surface area contributed by atoms with Crippen molar-refractivity contribution in [3.8, 4) is 17.5 Å². The largest absolute Gasteiger partial charge is 0.334 e. The molecule has 0 atom stereocenters. The third-order valence-corrected chi connectivity index (χ3v) is 2.62. The number of rotatable bonds is 3. The third kappa shape index (κ3) is 2.48. The first-order chi connectivity index (χ1) is 7.99. The molecule has 2 aromatic rings. The molecule has 0 unspecified atom stereocenters. The van der Waals surface area contributed by atoms with Crippen LogP contribution in [0.15, 0.2) is 10.7 Å².